The maximum absolute atomic E-state index is 12.6. The molecule has 1 aliphatic rings. The Hall–Kier alpha value is -3.75. The molecule has 0 N–H and O–H groups in total. The van der Waals surface area contributed by atoms with Crippen LogP contribution in [0.5, 0.6) is 0 Å². The highest BCUT2D eigenvalue weighted by Gasteiger charge is 2.23. The van der Waals surface area contributed by atoms with Gasteiger partial charge < -0.3 is 9.80 Å². The third kappa shape index (κ3) is 4.00. The van der Waals surface area contributed by atoms with Crippen LogP contribution in [0, 0.1) is 10.1 Å². The Balaban J connectivity index is 1.29. The van der Waals surface area contributed by atoms with E-state index in [-0.39, 0.29) is 30.3 Å². The number of para-hydroxylation sites is 1. The number of nitrogens with zero attached hydrogens (tertiary/aromatic N) is 5. The van der Waals surface area contributed by atoms with Crippen molar-refractivity contribution in [3.63, 3.8) is 0 Å². The summed E-state index contributed by atoms with van der Waals surface area (Å²) in [6.07, 6.45) is 3.31. The first-order valence-corrected chi connectivity index (χ1v) is 9.75. The molecule has 4 rings (SSSR count). The largest absolute Gasteiger partial charge is 0.353 e. The van der Waals surface area contributed by atoms with Crippen molar-refractivity contribution in [2.24, 2.45) is 0 Å². The van der Waals surface area contributed by atoms with Crippen LogP contribution in [-0.2, 0) is 4.79 Å². The number of carbonyl (C=O) groups excluding carboxylic acids is 2. The van der Waals surface area contributed by atoms with Gasteiger partial charge in [0.15, 0.2) is 0 Å². The molecule has 0 aliphatic carbocycles. The summed E-state index contributed by atoms with van der Waals surface area (Å²) in [7, 11) is 0. The van der Waals surface area contributed by atoms with Crippen molar-refractivity contribution in [1.82, 2.24) is 14.5 Å². The molecule has 0 saturated carbocycles. The van der Waals surface area contributed by atoms with Crippen molar-refractivity contribution in [2.75, 3.05) is 31.1 Å². The van der Waals surface area contributed by atoms with Crippen LogP contribution >= 0.6 is 0 Å². The summed E-state index contributed by atoms with van der Waals surface area (Å²) in [5.41, 5.74) is 0.798. The average Bonchev–Trinajstić information content (AvgIpc) is 3.22. The molecule has 0 bridgehead atoms. The van der Waals surface area contributed by atoms with E-state index in [9.17, 15) is 19.7 Å². The molecule has 2 aromatic heterocycles. The molecule has 9 heteroatoms. The summed E-state index contributed by atoms with van der Waals surface area (Å²) < 4.78 is 1.60. The molecular weight excluding hydrogens is 386 g/mol. The molecule has 0 unspecified atom stereocenters. The second-order valence-electron chi connectivity index (χ2n) is 7.14. The van der Waals surface area contributed by atoms with Crippen LogP contribution in [0.4, 0.5) is 11.5 Å². The topological polar surface area (TPSA) is 102 Å². The van der Waals surface area contributed by atoms with Gasteiger partial charge in [-0.05, 0) is 18.2 Å². The third-order valence-corrected chi connectivity index (χ3v) is 5.32. The number of amides is 1. The lowest BCUT2D eigenvalue weighted by Gasteiger charge is -2.35. The monoisotopic (exact) mass is 407 g/mol. The Morgan fingerprint density at radius 1 is 0.967 bits per heavy atom. The summed E-state index contributed by atoms with van der Waals surface area (Å²) in [5.74, 6) is 0.511. The molecule has 154 valence electrons. The highest BCUT2D eigenvalue weighted by atomic mass is 16.6. The predicted molar refractivity (Wildman–Crippen MR) is 111 cm³/mol. The van der Waals surface area contributed by atoms with Gasteiger partial charge in [-0.15, -0.1) is 0 Å². The highest BCUT2D eigenvalue weighted by Crippen LogP contribution is 2.19. The second-order valence-corrected chi connectivity index (χ2v) is 7.14. The van der Waals surface area contributed by atoms with Crippen LogP contribution in [0.3, 0.4) is 0 Å². The molecule has 1 saturated heterocycles. The minimum absolute atomic E-state index is 0.0453. The van der Waals surface area contributed by atoms with Gasteiger partial charge in [-0.3, -0.25) is 24.3 Å². The summed E-state index contributed by atoms with van der Waals surface area (Å²) in [4.78, 5) is 43.2. The van der Waals surface area contributed by atoms with Crippen LogP contribution in [0.2, 0.25) is 0 Å². The standard InChI is InChI=1S/C21H21N5O4/c27-20(7-8-21(28)25-10-9-16-3-1-2-4-18(16)25)24-13-11-23(12-14-24)19-6-5-17(15-22-19)26(29)30/h1-6,9-10,15H,7-8,11-14H2. The molecule has 1 amide bonds. The van der Waals surface area contributed by atoms with Crippen molar-refractivity contribution in [2.45, 2.75) is 12.8 Å². The van der Waals surface area contributed by atoms with Gasteiger partial charge in [0.2, 0.25) is 11.8 Å². The maximum atomic E-state index is 12.6. The molecule has 30 heavy (non-hydrogen) atoms. The van der Waals surface area contributed by atoms with E-state index < -0.39 is 4.92 Å². The second kappa shape index (κ2) is 8.32. The van der Waals surface area contributed by atoms with E-state index in [1.165, 1.54) is 12.3 Å². The Labute approximate surface area is 172 Å². The van der Waals surface area contributed by atoms with E-state index in [4.69, 9.17) is 0 Å². The lowest BCUT2D eigenvalue weighted by molar-refractivity contribution is -0.385. The lowest BCUT2D eigenvalue weighted by atomic mass is 10.2. The van der Waals surface area contributed by atoms with Crippen LogP contribution in [0.15, 0.2) is 54.9 Å². The van der Waals surface area contributed by atoms with Crippen molar-refractivity contribution < 1.29 is 14.5 Å². The Morgan fingerprint density at radius 3 is 2.40 bits per heavy atom. The van der Waals surface area contributed by atoms with Gasteiger partial charge in [0.1, 0.15) is 12.0 Å². The third-order valence-electron chi connectivity index (χ3n) is 5.32. The van der Waals surface area contributed by atoms with Gasteiger partial charge in [-0.25, -0.2) is 4.98 Å². The first kappa shape index (κ1) is 19.6. The number of rotatable bonds is 5. The number of hydrogen-bond donors (Lipinski definition) is 0. The fraction of sp³-hybridized carbons (Fsp3) is 0.286. The fourth-order valence-electron chi connectivity index (χ4n) is 3.65. The van der Waals surface area contributed by atoms with Crippen LogP contribution in [0.1, 0.15) is 17.6 Å². The lowest BCUT2D eigenvalue weighted by Crippen LogP contribution is -2.49. The molecule has 0 radical (unpaired) electrons. The van der Waals surface area contributed by atoms with Gasteiger partial charge in [0.05, 0.1) is 10.4 Å². The van der Waals surface area contributed by atoms with E-state index in [1.807, 2.05) is 35.2 Å². The number of pyridine rings is 1. The summed E-state index contributed by atoms with van der Waals surface area (Å²) >= 11 is 0. The van der Waals surface area contributed by atoms with E-state index in [1.54, 1.807) is 21.7 Å². The molecular formula is C21H21N5O4. The minimum atomic E-state index is -0.481. The Kier molecular flexibility index (Phi) is 5.42. The van der Waals surface area contributed by atoms with Crippen LogP contribution < -0.4 is 4.90 Å². The minimum Gasteiger partial charge on any atom is -0.353 e. The molecule has 0 spiro atoms. The molecule has 1 aliphatic heterocycles. The van der Waals surface area contributed by atoms with Crippen molar-refractivity contribution in [1.29, 1.82) is 0 Å². The van der Waals surface area contributed by atoms with E-state index in [0.29, 0.717) is 32.0 Å². The van der Waals surface area contributed by atoms with E-state index in [2.05, 4.69) is 4.98 Å². The molecule has 3 aromatic rings. The Morgan fingerprint density at radius 2 is 1.70 bits per heavy atom. The van der Waals surface area contributed by atoms with Crippen molar-refractivity contribution in [3.05, 3.63) is 65.0 Å². The summed E-state index contributed by atoms with van der Waals surface area (Å²) in [6.45, 7) is 2.23. The van der Waals surface area contributed by atoms with Gasteiger partial charge in [0, 0.05) is 56.7 Å². The van der Waals surface area contributed by atoms with Crippen molar-refractivity contribution in [3.8, 4) is 0 Å². The number of benzene rings is 1. The van der Waals surface area contributed by atoms with Crippen LogP contribution in [-0.4, -0.2) is 57.4 Å². The maximum Gasteiger partial charge on any atom is 0.287 e. The number of anilines is 1. The fourth-order valence-corrected chi connectivity index (χ4v) is 3.65. The first-order chi connectivity index (χ1) is 14.5. The normalized spacial score (nSPS) is 14.1. The molecule has 3 heterocycles. The summed E-state index contributed by atoms with van der Waals surface area (Å²) in [6, 6.07) is 12.6. The van der Waals surface area contributed by atoms with Crippen LogP contribution in [0.25, 0.3) is 10.9 Å². The smallest absolute Gasteiger partial charge is 0.287 e. The Bertz CT molecular complexity index is 1080. The quantitative estimate of drug-likeness (QED) is 0.476. The van der Waals surface area contributed by atoms with Gasteiger partial charge >= 0.3 is 0 Å². The SMILES string of the molecule is O=C(CCC(=O)n1ccc2ccccc21)N1CCN(c2ccc([N+](=O)[O-])cn2)CC1. The van der Waals surface area contributed by atoms with Gasteiger partial charge in [-0.2, -0.15) is 0 Å². The molecule has 9 nitrogen and oxygen atoms in total. The van der Waals surface area contributed by atoms with Crippen molar-refractivity contribution >= 4 is 34.2 Å². The van der Waals surface area contributed by atoms with Gasteiger partial charge in [-0.1, -0.05) is 18.2 Å². The highest BCUT2D eigenvalue weighted by molar-refractivity contribution is 5.94. The van der Waals surface area contributed by atoms with E-state index in [0.717, 1.165) is 10.9 Å². The number of carbonyl (C=O) groups is 2. The summed E-state index contributed by atoms with van der Waals surface area (Å²) in [5, 5.41) is 11.7. The van der Waals surface area contributed by atoms with Gasteiger partial charge in [0.25, 0.3) is 5.69 Å². The average molecular weight is 407 g/mol. The number of nitro groups is 1. The van der Waals surface area contributed by atoms with E-state index >= 15 is 0 Å². The molecule has 1 fully saturated rings. The number of piperazine rings is 1. The molecule has 1 aromatic carbocycles. The predicted octanol–water partition coefficient (Wildman–Crippen LogP) is 2.71. The number of fused-ring (bicyclic) bond motifs is 1. The first-order valence-electron chi connectivity index (χ1n) is 9.75. The molecule has 0 atom stereocenters. The number of hydrogen-bond acceptors (Lipinski definition) is 6. The zero-order chi connectivity index (χ0) is 21.1. The zero-order valence-electron chi connectivity index (χ0n) is 16.3. The zero-order valence-corrected chi connectivity index (χ0v) is 16.3. The number of aromatic nitrogens is 2.